The van der Waals surface area contributed by atoms with Gasteiger partial charge in [-0.2, -0.15) is 0 Å². The van der Waals surface area contributed by atoms with Gasteiger partial charge in [-0.15, -0.1) is 10.2 Å². The van der Waals surface area contributed by atoms with Gasteiger partial charge in [-0.05, 0) is 12.1 Å². The summed E-state index contributed by atoms with van der Waals surface area (Å²) in [5, 5.41) is 13.9. The molecule has 7 nitrogen and oxygen atoms in total. The molecular weight excluding hydrogens is 258 g/mol. The van der Waals surface area contributed by atoms with Crippen LogP contribution in [0, 0.1) is 0 Å². The Labute approximate surface area is 118 Å². The highest BCUT2D eigenvalue weighted by Gasteiger charge is 2.09. The van der Waals surface area contributed by atoms with Crippen molar-refractivity contribution in [1.29, 1.82) is 0 Å². The van der Waals surface area contributed by atoms with Gasteiger partial charge in [0.05, 0.1) is 13.2 Å². The lowest BCUT2D eigenvalue weighted by molar-refractivity contribution is -0.115. The van der Waals surface area contributed by atoms with Gasteiger partial charge in [0.25, 0.3) is 0 Å². The normalized spacial score (nSPS) is 15.8. The van der Waals surface area contributed by atoms with Gasteiger partial charge in [-0.3, -0.25) is 9.69 Å². The van der Waals surface area contributed by atoms with Gasteiger partial charge < -0.3 is 15.4 Å². The smallest absolute Gasteiger partial charge is 0.225 e. The van der Waals surface area contributed by atoms with Crippen LogP contribution in [0.4, 0.5) is 11.6 Å². The van der Waals surface area contributed by atoms with E-state index in [4.69, 9.17) is 4.74 Å². The standard InChI is InChI=1S/C13H21N5O2/c1-2-13(19)15-12-4-3-11(16-17-12)14-5-6-18-7-9-20-10-8-18/h3-4H,2,5-10H2,1H3,(H,14,16)(H,15,17,19). The third-order valence-electron chi connectivity index (χ3n) is 3.09. The summed E-state index contributed by atoms with van der Waals surface area (Å²) in [5.74, 6) is 1.13. The summed E-state index contributed by atoms with van der Waals surface area (Å²) in [5.41, 5.74) is 0. The van der Waals surface area contributed by atoms with Crippen molar-refractivity contribution in [1.82, 2.24) is 15.1 Å². The Balaban J connectivity index is 1.71. The van der Waals surface area contributed by atoms with Gasteiger partial charge in [0.1, 0.15) is 5.82 Å². The molecule has 110 valence electrons. The molecular formula is C13H21N5O2. The molecule has 2 N–H and O–H groups in total. The number of anilines is 2. The molecule has 0 aromatic carbocycles. The lowest BCUT2D eigenvalue weighted by Gasteiger charge is -2.26. The molecule has 1 aliphatic heterocycles. The maximum Gasteiger partial charge on any atom is 0.225 e. The van der Waals surface area contributed by atoms with Crippen LogP contribution >= 0.6 is 0 Å². The Bertz CT molecular complexity index is 417. The summed E-state index contributed by atoms with van der Waals surface area (Å²) in [6, 6.07) is 3.56. The largest absolute Gasteiger partial charge is 0.379 e. The number of aromatic nitrogens is 2. The number of hydrogen-bond acceptors (Lipinski definition) is 6. The van der Waals surface area contributed by atoms with E-state index in [2.05, 4.69) is 25.7 Å². The predicted molar refractivity (Wildman–Crippen MR) is 76.7 cm³/mol. The summed E-state index contributed by atoms with van der Waals surface area (Å²) < 4.78 is 5.30. The van der Waals surface area contributed by atoms with Crippen LogP contribution < -0.4 is 10.6 Å². The second-order valence-electron chi connectivity index (χ2n) is 4.59. The predicted octanol–water partition coefficient (Wildman–Crippen LogP) is 0.569. The minimum atomic E-state index is -0.0627. The number of nitrogens with zero attached hydrogens (tertiary/aromatic N) is 3. The molecule has 0 aliphatic carbocycles. The fourth-order valence-corrected chi connectivity index (χ4v) is 1.89. The third kappa shape index (κ3) is 4.75. The molecule has 2 rings (SSSR count). The van der Waals surface area contributed by atoms with E-state index in [0.29, 0.717) is 18.1 Å². The Kier molecular flexibility index (Phi) is 5.69. The van der Waals surface area contributed by atoms with Crippen LogP contribution in [0.1, 0.15) is 13.3 Å². The Morgan fingerprint density at radius 1 is 1.30 bits per heavy atom. The average molecular weight is 279 g/mol. The van der Waals surface area contributed by atoms with E-state index in [1.165, 1.54) is 0 Å². The summed E-state index contributed by atoms with van der Waals surface area (Å²) in [6.07, 6.45) is 0.432. The van der Waals surface area contributed by atoms with Gasteiger partial charge in [0, 0.05) is 32.6 Å². The minimum Gasteiger partial charge on any atom is -0.379 e. The molecule has 0 radical (unpaired) electrons. The fraction of sp³-hybridized carbons (Fsp3) is 0.615. The van der Waals surface area contributed by atoms with E-state index in [1.807, 2.05) is 6.07 Å². The summed E-state index contributed by atoms with van der Waals surface area (Å²) in [4.78, 5) is 13.5. The molecule has 1 saturated heterocycles. The van der Waals surface area contributed by atoms with Crippen LogP contribution in [0.25, 0.3) is 0 Å². The lowest BCUT2D eigenvalue weighted by Crippen LogP contribution is -2.39. The van der Waals surface area contributed by atoms with Gasteiger partial charge in [-0.25, -0.2) is 0 Å². The molecule has 0 atom stereocenters. The first kappa shape index (κ1) is 14.7. The van der Waals surface area contributed by atoms with E-state index >= 15 is 0 Å². The van der Waals surface area contributed by atoms with Crippen molar-refractivity contribution >= 4 is 17.5 Å². The third-order valence-corrected chi connectivity index (χ3v) is 3.09. The van der Waals surface area contributed by atoms with E-state index in [0.717, 1.165) is 39.4 Å². The van der Waals surface area contributed by atoms with Crippen LogP contribution in [0.3, 0.4) is 0 Å². The zero-order chi connectivity index (χ0) is 14.2. The van der Waals surface area contributed by atoms with Crippen molar-refractivity contribution in [3.8, 4) is 0 Å². The van der Waals surface area contributed by atoms with Crippen LogP contribution in [0.5, 0.6) is 0 Å². The molecule has 1 aliphatic rings. The molecule has 1 aromatic rings. The Hall–Kier alpha value is -1.73. The molecule has 0 saturated carbocycles. The number of nitrogens with one attached hydrogen (secondary N) is 2. The number of rotatable bonds is 6. The molecule has 1 fully saturated rings. The first-order chi connectivity index (χ1) is 9.78. The molecule has 0 bridgehead atoms. The number of amides is 1. The van der Waals surface area contributed by atoms with Crippen LogP contribution in [-0.2, 0) is 9.53 Å². The van der Waals surface area contributed by atoms with Gasteiger partial charge >= 0.3 is 0 Å². The Morgan fingerprint density at radius 3 is 2.65 bits per heavy atom. The number of ether oxygens (including phenoxy) is 1. The van der Waals surface area contributed by atoms with Crippen LogP contribution in [-0.4, -0.2) is 60.4 Å². The van der Waals surface area contributed by atoms with E-state index in [1.54, 1.807) is 13.0 Å². The van der Waals surface area contributed by atoms with Crippen molar-refractivity contribution in [3.05, 3.63) is 12.1 Å². The topological polar surface area (TPSA) is 79.4 Å². The number of morpholine rings is 1. The second-order valence-corrected chi connectivity index (χ2v) is 4.59. The van der Waals surface area contributed by atoms with Crippen molar-refractivity contribution in [3.63, 3.8) is 0 Å². The van der Waals surface area contributed by atoms with Crippen LogP contribution in [0.2, 0.25) is 0 Å². The van der Waals surface area contributed by atoms with Crippen molar-refractivity contribution in [2.75, 3.05) is 50.0 Å². The highest BCUT2D eigenvalue weighted by molar-refractivity contribution is 5.89. The quantitative estimate of drug-likeness (QED) is 0.792. The molecule has 0 unspecified atom stereocenters. The second kappa shape index (κ2) is 7.76. The number of hydrogen-bond donors (Lipinski definition) is 2. The Morgan fingerprint density at radius 2 is 2.00 bits per heavy atom. The van der Waals surface area contributed by atoms with Crippen LogP contribution in [0.15, 0.2) is 12.1 Å². The molecule has 20 heavy (non-hydrogen) atoms. The first-order valence-electron chi connectivity index (χ1n) is 6.95. The highest BCUT2D eigenvalue weighted by Crippen LogP contribution is 2.06. The zero-order valence-corrected chi connectivity index (χ0v) is 11.8. The van der Waals surface area contributed by atoms with Crippen molar-refractivity contribution in [2.24, 2.45) is 0 Å². The van der Waals surface area contributed by atoms with Gasteiger partial charge in [-0.1, -0.05) is 6.92 Å². The average Bonchev–Trinajstić information content (AvgIpc) is 2.50. The van der Waals surface area contributed by atoms with Gasteiger partial charge in [0.2, 0.25) is 5.91 Å². The maximum absolute atomic E-state index is 11.2. The lowest BCUT2D eigenvalue weighted by atomic mass is 10.4. The van der Waals surface area contributed by atoms with Crippen molar-refractivity contribution < 1.29 is 9.53 Å². The van der Waals surface area contributed by atoms with Crippen molar-refractivity contribution in [2.45, 2.75) is 13.3 Å². The first-order valence-corrected chi connectivity index (χ1v) is 6.95. The summed E-state index contributed by atoms with van der Waals surface area (Å²) >= 11 is 0. The van der Waals surface area contributed by atoms with E-state index < -0.39 is 0 Å². The maximum atomic E-state index is 11.2. The number of carbonyl (C=O) groups excluding carboxylic acids is 1. The molecule has 1 aromatic heterocycles. The SMILES string of the molecule is CCC(=O)Nc1ccc(NCCN2CCOCC2)nn1. The van der Waals surface area contributed by atoms with E-state index in [-0.39, 0.29) is 5.91 Å². The molecule has 0 spiro atoms. The fourth-order valence-electron chi connectivity index (χ4n) is 1.89. The summed E-state index contributed by atoms with van der Waals surface area (Å²) in [6.45, 7) is 7.15. The number of carbonyl (C=O) groups is 1. The molecule has 2 heterocycles. The highest BCUT2D eigenvalue weighted by atomic mass is 16.5. The molecule has 7 heteroatoms. The van der Waals surface area contributed by atoms with E-state index in [9.17, 15) is 4.79 Å². The van der Waals surface area contributed by atoms with Gasteiger partial charge in [0.15, 0.2) is 5.82 Å². The molecule has 1 amide bonds. The minimum absolute atomic E-state index is 0.0627. The monoisotopic (exact) mass is 279 g/mol. The zero-order valence-electron chi connectivity index (χ0n) is 11.8. The summed E-state index contributed by atoms with van der Waals surface area (Å²) in [7, 11) is 0.